The molecule has 1 aliphatic rings. The summed E-state index contributed by atoms with van der Waals surface area (Å²) in [6.07, 6.45) is 1.73. The monoisotopic (exact) mass is 474 g/mol. The maximum atomic E-state index is 14.1. The number of piperidine rings is 1. The number of hydrogen-bond acceptors (Lipinski definition) is 2. The molecule has 1 fully saturated rings. The first kappa shape index (κ1) is 24.0. The van der Waals surface area contributed by atoms with Gasteiger partial charge >= 0.3 is 0 Å². The average Bonchev–Trinajstić information content (AvgIpc) is 2.93. The molecule has 0 N–H and O–H groups in total. The zero-order chi connectivity index (χ0) is 24.6. The fraction of sp³-hybridized carbons (Fsp3) is 0.242. The van der Waals surface area contributed by atoms with E-state index in [9.17, 15) is 4.79 Å². The summed E-state index contributed by atoms with van der Waals surface area (Å²) < 4.78 is 0. The molecule has 0 aliphatic carbocycles. The second-order valence-electron chi connectivity index (χ2n) is 9.77. The van der Waals surface area contributed by atoms with Crippen LogP contribution in [0.2, 0.25) is 0 Å². The van der Waals surface area contributed by atoms with Gasteiger partial charge in [0.05, 0.1) is 5.92 Å². The molecule has 0 saturated carbocycles. The molecular weight excluding hydrogens is 440 g/mol. The molecule has 3 heteroatoms. The lowest BCUT2D eigenvalue weighted by Crippen LogP contribution is -2.54. The Hall–Kier alpha value is -3.69. The van der Waals surface area contributed by atoms with Crippen LogP contribution < -0.4 is 0 Å². The molecule has 1 aliphatic heterocycles. The van der Waals surface area contributed by atoms with Gasteiger partial charge in [0, 0.05) is 32.2 Å². The quantitative estimate of drug-likeness (QED) is 0.282. The second-order valence-corrected chi connectivity index (χ2v) is 9.77. The maximum Gasteiger partial charge on any atom is 0.227 e. The Bertz CT molecular complexity index is 1170. The van der Waals surface area contributed by atoms with Crippen LogP contribution in [0.1, 0.15) is 28.7 Å². The number of hydrogen-bond donors (Lipinski definition) is 0. The van der Waals surface area contributed by atoms with E-state index in [1.54, 1.807) is 0 Å². The van der Waals surface area contributed by atoms with Crippen molar-refractivity contribution in [2.75, 3.05) is 6.54 Å². The standard InChI is InChI=1S/C33H34N2O/c36-33-31(23-27-13-5-1-6-14-27)32(21-22-34(33)24-28-15-7-2-8-16-28)35(25-29-17-9-3-10-18-29)26-30-19-11-4-12-20-30/h1-20,31-32H,21-26H2/t31-,32+/m1/s1. The van der Waals surface area contributed by atoms with Gasteiger partial charge in [0.1, 0.15) is 0 Å². The fourth-order valence-electron chi connectivity index (χ4n) is 5.41. The number of carbonyl (C=O) groups excluding carboxylic acids is 1. The molecule has 2 atom stereocenters. The minimum atomic E-state index is -0.0858. The summed E-state index contributed by atoms with van der Waals surface area (Å²) in [5.74, 6) is 0.183. The third kappa shape index (κ3) is 6.10. The number of carbonyl (C=O) groups is 1. The first-order chi connectivity index (χ1) is 17.8. The van der Waals surface area contributed by atoms with Crippen molar-refractivity contribution in [1.29, 1.82) is 0 Å². The summed E-state index contributed by atoms with van der Waals surface area (Å²) in [5, 5.41) is 0. The van der Waals surface area contributed by atoms with Crippen LogP contribution >= 0.6 is 0 Å². The molecule has 1 heterocycles. The number of nitrogens with zero attached hydrogens (tertiary/aromatic N) is 2. The first-order valence-electron chi connectivity index (χ1n) is 12.9. The largest absolute Gasteiger partial charge is 0.338 e. The van der Waals surface area contributed by atoms with Crippen molar-refractivity contribution in [3.63, 3.8) is 0 Å². The van der Waals surface area contributed by atoms with Crippen LogP contribution in [0.25, 0.3) is 0 Å². The highest BCUT2D eigenvalue weighted by Gasteiger charge is 2.39. The lowest BCUT2D eigenvalue weighted by molar-refractivity contribution is -0.143. The molecule has 0 aromatic heterocycles. The van der Waals surface area contributed by atoms with Crippen molar-refractivity contribution in [3.05, 3.63) is 144 Å². The van der Waals surface area contributed by atoms with Gasteiger partial charge in [0.25, 0.3) is 0 Å². The molecule has 0 radical (unpaired) electrons. The number of amides is 1. The van der Waals surface area contributed by atoms with Crippen LogP contribution in [0.4, 0.5) is 0 Å². The van der Waals surface area contributed by atoms with E-state index in [4.69, 9.17) is 0 Å². The zero-order valence-electron chi connectivity index (χ0n) is 20.7. The highest BCUT2D eigenvalue weighted by molar-refractivity contribution is 5.81. The van der Waals surface area contributed by atoms with Crippen molar-refractivity contribution in [3.8, 4) is 0 Å². The molecular formula is C33H34N2O. The smallest absolute Gasteiger partial charge is 0.227 e. The van der Waals surface area contributed by atoms with Gasteiger partial charge < -0.3 is 4.90 Å². The third-order valence-electron chi connectivity index (χ3n) is 7.23. The minimum absolute atomic E-state index is 0.0858. The molecule has 4 aromatic carbocycles. The molecule has 0 unspecified atom stereocenters. The van der Waals surface area contributed by atoms with Gasteiger partial charge in [-0.3, -0.25) is 9.69 Å². The number of benzene rings is 4. The van der Waals surface area contributed by atoms with E-state index in [0.717, 1.165) is 32.5 Å². The van der Waals surface area contributed by atoms with Crippen LogP contribution in [0.5, 0.6) is 0 Å². The van der Waals surface area contributed by atoms with E-state index in [-0.39, 0.29) is 17.9 Å². The predicted octanol–water partition coefficient (Wildman–Crippen LogP) is 6.35. The molecule has 0 spiro atoms. The average molecular weight is 475 g/mol. The molecule has 4 aromatic rings. The summed E-state index contributed by atoms with van der Waals surface area (Å²) in [6, 6.07) is 42.3. The number of likely N-dealkylation sites (tertiary alicyclic amines) is 1. The highest BCUT2D eigenvalue weighted by atomic mass is 16.2. The molecule has 1 amide bonds. The van der Waals surface area contributed by atoms with Crippen molar-refractivity contribution < 1.29 is 4.79 Å². The van der Waals surface area contributed by atoms with E-state index in [2.05, 4.69) is 119 Å². The molecule has 3 nitrogen and oxygen atoms in total. The molecule has 36 heavy (non-hydrogen) atoms. The van der Waals surface area contributed by atoms with Gasteiger partial charge in [-0.25, -0.2) is 0 Å². The normalized spacial score (nSPS) is 17.9. The minimum Gasteiger partial charge on any atom is -0.338 e. The van der Waals surface area contributed by atoms with Crippen LogP contribution in [-0.4, -0.2) is 28.3 Å². The zero-order valence-corrected chi connectivity index (χ0v) is 20.7. The van der Waals surface area contributed by atoms with Crippen LogP contribution in [0.3, 0.4) is 0 Å². The Morgan fingerprint density at radius 1 is 0.611 bits per heavy atom. The van der Waals surface area contributed by atoms with Gasteiger partial charge in [0.15, 0.2) is 0 Å². The van der Waals surface area contributed by atoms with E-state index in [1.165, 1.54) is 22.3 Å². The highest BCUT2D eigenvalue weighted by Crippen LogP contribution is 2.30. The van der Waals surface area contributed by atoms with Crippen molar-refractivity contribution in [1.82, 2.24) is 9.80 Å². The first-order valence-corrected chi connectivity index (χ1v) is 12.9. The Morgan fingerprint density at radius 2 is 1.06 bits per heavy atom. The Kier molecular flexibility index (Phi) is 7.89. The molecule has 0 bridgehead atoms. The third-order valence-corrected chi connectivity index (χ3v) is 7.23. The summed E-state index contributed by atoms with van der Waals surface area (Å²) >= 11 is 0. The van der Waals surface area contributed by atoms with Crippen molar-refractivity contribution in [2.24, 2.45) is 5.92 Å². The van der Waals surface area contributed by atoms with E-state index >= 15 is 0 Å². The van der Waals surface area contributed by atoms with E-state index in [0.29, 0.717) is 6.54 Å². The van der Waals surface area contributed by atoms with Gasteiger partial charge in [0.2, 0.25) is 5.91 Å². The van der Waals surface area contributed by atoms with E-state index in [1.807, 2.05) is 12.1 Å². The SMILES string of the molecule is O=C1[C@H](Cc2ccccc2)[C@@H](N(Cc2ccccc2)Cc2ccccc2)CCN1Cc1ccccc1. The molecule has 5 rings (SSSR count). The van der Waals surface area contributed by atoms with Gasteiger partial charge in [-0.1, -0.05) is 121 Å². The van der Waals surface area contributed by atoms with E-state index < -0.39 is 0 Å². The van der Waals surface area contributed by atoms with Crippen molar-refractivity contribution >= 4 is 5.91 Å². The Labute approximate surface area is 215 Å². The van der Waals surface area contributed by atoms with Crippen LogP contribution in [-0.2, 0) is 30.8 Å². The molecule has 182 valence electrons. The predicted molar refractivity (Wildman–Crippen MR) is 146 cm³/mol. The summed E-state index contributed by atoms with van der Waals surface area (Å²) in [6.45, 7) is 3.12. The Balaban J connectivity index is 1.44. The summed E-state index contributed by atoms with van der Waals surface area (Å²) in [7, 11) is 0. The summed E-state index contributed by atoms with van der Waals surface area (Å²) in [5.41, 5.74) is 4.98. The molecule has 1 saturated heterocycles. The maximum absolute atomic E-state index is 14.1. The summed E-state index contributed by atoms with van der Waals surface area (Å²) in [4.78, 5) is 18.7. The Morgan fingerprint density at radius 3 is 1.56 bits per heavy atom. The lowest BCUT2D eigenvalue weighted by Gasteiger charge is -2.43. The van der Waals surface area contributed by atoms with Crippen LogP contribution in [0.15, 0.2) is 121 Å². The van der Waals surface area contributed by atoms with Gasteiger partial charge in [-0.2, -0.15) is 0 Å². The second kappa shape index (κ2) is 11.8. The van der Waals surface area contributed by atoms with Gasteiger partial charge in [-0.05, 0) is 35.1 Å². The van der Waals surface area contributed by atoms with Gasteiger partial charge in [-0.15, -0.1) is 0 Å². The lowest BCUT2D eigenvalue weighted by atomic mass is 9.84. The van der Waals surface area contributed by atoms with Crippen LogP contribution in [0, 0.1) is 5.92 Å². The fourth-order valence-corrected chi connectivity index (χ4v) is 5.41. The topological polar surface area (TPSA) is 23.6 Å². The number of rotatable bonds is 9. The van der Waals surface area contributed by atoms with Crippen molar-refractivity contribution in [2.45, 2.75) is 38.5 Å².